The first kappa shape index (κ1) is 16.3. The van der Waals surface area contributed by atoms with Crippen LogP contribution in [0.4, 0.5) is 0 Å². The molecule has 3 rings (SSSR count). The van der Waals surface area contributed by atoms with E-state index in [1.807, 2.05) is 49.6 Å². The van der Waals surface area contributed by atoms with Gasteiger partial charge in [0, 0.05) is 27.1 Å². The Morgan fingerprint density at radius 1 is 1.08 bits per heavy atom. The number of rotatable bonds is 5. The number of esters is 1. The Kier molecular flexibility index (Phi) is 4.71. The van der Waals surface area contributed by atoms with Gasteiger partial charge in [0.05, 0.1) is 5.56 Å². The van der Waals surface area contributed by atoms with E-state index in [4.69, 9.17) is 4.74 Å². The molecule has 0 unspecified atom stereocenters. The van der Waals surface area contributed by atoms with E-state index in [-0.39, 0.29) is 12.4 Å². The number of ketones is 1. The van der Waals surface area contributed by atoms with Gasteiger partial charge in [0.25, 0.3) is 0 Å². The smallest absolute Gasteiger partial charge is 0.338 e. The molecule has 0 aliphatic heterocycles. The second-order valence-electron chi connectivity index (χ2n) is 5.40. The molecule has 3 aromatic rings. The molecule has 0 amide bonds. The van der Waals surface area contributed by atoms with E-state index in [0.717, 1.165) is 21.5 Å². The largest absolute Gasteiger partial charge is 0.454 e. The third-order valence-electron chi connectivity index (χ3n) is 3.83. The molecule has 0 radical (unpaired) electrons. The number of para-hydroxylation sites is 1. The Morgan fingerprint density at radius 3 is 2.50 bits per heavy atom. The number of carbonyl (C=O) groups excluding carboxylic acids is 2. The maximum atomic E-state index is 12.5. The highest BCUT2D eigenvalue weighted by molar-refractivity contribution is 7.98. The number of hydrogen-bond donors (Lipinski definition) is 1. The Labute approximate surface area is 144 Å². The van der Waals surface area contributed by atoms with Gasteiger partial charge in [0.1, 0.15) is 0 Å². The first-order chi connectivity index (χ1) is 11.6. The van der Waals surface area contributed by atoms with Crippen LogP contribution in [0.2, 0.25) is 0 Å². The Hall–Kier alpha value is -2.53. The number of ether oxygens (including phenoxy) is 1. The number of benzene rings is 2. The van der Waals surface area contributed by atoms with Crippen molar-refractivity contribution in [2.45, 2.75) is 11.8 Å². The van der Waals surface area contributed by atoms with Crippen molar-refractivity contribution in [2.24, 2.45) is 0 Å². The predicted octanol–water partition coefficient (Wildman–Crippen LogP) is 4.24. The first-order valence-electron chi connectivity index (χ1n) is 7.52. The lowest BCUT2D eigenvalue weighted by atomic mass is 10.1. The van der Waals surface area contributed by atoms with Crippen molar-refractivity contribution in [3.63, 3.8) is 0 Å². The lowest BCUT2D eigenvalue weighted by Crippen LogP contribution is -2.14. The summed E-state index contributed by atoms with van der Waals surface area (Å²) >= 11 is 1.60. The summed E-state index contributed by atoms with van der Waals surface area (Å²) in [6.07, 6.45) is 1.97. The molecule has 122 valence electrons. The number of Topliss-reactive ketones (excluding diaryl/α,β-unsaturated/α-hetero) is 1. The fraction of sp³-hybridized carbons (Fsp3) is 0.158. The van der Waals surface area contributed by atoms with Crippen LogP contribution in [0.3, 0.4) is 0 Å². The number of carbonyl (C=O) groups is 2. The summed E-state index contributed by atoms with van der Waals surface area (Å²) < 4.78 is 5.18. The number of H-pyrrole nitrogens is 1. The second kappa shape index (κ2) is 6.93. The molecule has 0 saturated heterocycles. The van der Waals surface area contributed by atoms with Gasteiger partial charge < -0.3 is 9.72 Å². The number of nitrogens with one attached hydrogen (secondary N) is 1. The maximum absolute atomic E-state index is 12.5. The minimum Gasteiger partial charge on any atom is -0.454 e. The summed E-state index contributed by atoms with van der Waals surface area (Å²) in [4.78, 5) is 28.8. The average molecular weight is 339 g/mol. The van der Waals surface area contributed by atoms with Gasteiger partial charge in [-0.05, 0) is 43.5 Å². The number of hydrogen-bond acceptors (Lipinski definition) is 4. The zero-order chi connectivity index (χ0) is 17.1. The van der Waals surface area contributed by atoms with Crippen molar-refractivity contribution in [2.75, 3.05) is 12.9 Å². The molecule has 2 aromatic carbocycles. The Bertz CT molecular complexity index is 897. The van der Waals surface area contributed by atoms with Crippen molar-refractivity contribution >= 4 is 34.4 Å². The molecule has 0 aliphatic rings. The molecule has 1 heterocycles. The summed E-state index contributed by atoms with van der Waals surface area (Å²) in [7, 11) is 0. The van der Waals surface area contributed by atoms with E-state index in [1.54, 1.807) is 23.9 Å². The minimum absolute atomic E-state index is 0.209. The van der Waals surface area contributed by atoms with Gasteiger partial charge in [-0.2, -0.15) is 0 Å². The normalized spacial score (nSPS) is 10.8. The van der Waals surface area contributed by atoms with Gasteiger partial charge in [0.15, 0.2) is 6.61 Å². The minimum atomic E-state index is -0.492. The highest BCUT2D eigenvalue weighted by Crippen LogP contribution is 2.22. The van der Waals surface area contributed by atoms with Crippen molar-refractivity contribution in [3.8, 4) is 0 Å². The summed E-state index contributed by atoms with van der Waals surface area (Å²) in [5.41, 5.74) is 2.70. The predicted molar refractivity (Wildman–Crippen MR) is 95.9 cm³/mol. The first-order valence-corrected chi connectivity index (χ1v) is 8.74. The van der Waals surface area contributed by atoms with Crippen LogP contribution < -0.4 is 0 Å². The zero-order valence-electron chi connectivity index (χ0n) is 13.5. The van der Waals surface area contributed by atoms with Crippen molar-refractivity contribution in [1.29, 1.82) is 0 Å². The van der Waals surface area contributed by atoms with Crippen LogP contribution in [-0.4, -0.2) is 29.6 Å². The topological polar surface area (TPSA) is 59.2 Å². The quantitative estimate of drug-likeness (QED) is 0.429. The molecular formula is C19H17NO3S. The highest BCUT2D eigenvalue weighted by Gasteiger charge is 2.18. The number of thioether (sulfide) groups is 1. The molecule has 5 heteroatoms. The molecule has 4 nitrogen and oxygen atoms in total. The Balaban J connectivity index is 1.72. The van der Waals surface area contributed by atoms with Gasteiger partial charge >= 0.3 is 5.97 Å². The molecule has 1 N–H and O–H groups in total. The van der Waals surface area contributed by atoms with E-state index in [1.165, 1.54) is 0 Å². The fourth-order valence-corrected chi connectivity index (χ4v) is 3.06. The van der Waals surface area contributed by atoms with Gasteiger partial charge in [-0.1, -0.05) is 18.2 Å². The van der Waals surface area contributed by atoms with E-state index in [0.29, 0.717) is 11.1 Å². The summed E-state index contributed by atoms with van der Waals surface area (Å²) in [6.45, 7) is 1.57. The van der Waals surface area contributed by atoms with Gasteiger partial charge in [-0.3, -0.25) is 4.79 Å². The maximum Gasteiger partial charge on any atom is 0.338 e. The van der Waals surface area contributed by atoms with Crippen LogP contribution in [0, 0.1) is 6.92 Å². The van der Waals surface area contributed by atoms with Crippen LogP contribution >= 0.6 is 11.8 Å². The van der Waals surface area contributed by atoms with Crippen LogP contribution in [-0.2, 0) is 4.74 Å². The molecule has 24 heavy (non-hydrogen) atoms. The number of aromatic amines is 1. The fourth-order valence-electron chi connectivity index (χ4n) is 2.65. The third-order valence-corrected chi connectivity index (χ3v) is 4.58. The van der Waals surface area contributed by atoms with Crippen LogP contribution in [0.25, 0.3) is 10.9 Å². The van der Waals surface area contributed by atoms with Crippen LogP contribution in [0.1, 0.15) is 26.4 Å². The van der Waals surface area contributed by atoms with E-state index in [2.05, 4.69) is 4.98 Å². The number of fused-ring (bicyclic) bond motifs is 1. The van der Waals surface area contributed by atoms with Crippen molar-refractivity contribution < 1.29 is 14.3 Å². The second-order valence-corrected chi connectivity index (χ2v) is 6.28. The average Bonchev–Trinajstić information content (AvgIpc) is 2.95. The summed E-state index contributed by atoms with van der Waals surface area (Å²) in [5, 5.41) is 0.848. The third kappa shape index (κ3) is 3.21. The zero-order valence-corrected chi connectivity index (χ0v) is 14.3. The monoisotopic (exact) mass is 339 g/mol. The molecule has 0 fully saturated rings. The van der Waals surface area contributed by atoms with E-state index >= 15 is 0 Å². The van der Waals surface area contributed by atoms with Gasteiger partial charge in [0.2, 0.25) is 5.78 Å². The molecule has 0 bridgehead atoms. The lowest BCUT2D eigenvalue weighted by molar-refractivity contribution is 0.0475. The number of aryl methyl sites for hydroxylation is 1. The number of aromatic nitrogens is 1. The van der Waals surface area contributed by atoms with E-state index < -0.39 is 5.97 Å². The summed E-state index contributed by atoms with van der Waals surface area (Å²) in [5.74, 6) is -0.701. The molecular weight excluding hydrogens is 322 g/mol. The molecule has 0 atom stereocenters. The SMILES string of the molecule is CSc1ccc(C(=O)OCC(=O)c2c(C)[nH]c3ccccc23)cc1. The summed E-state index contributed by atoms with van der Waals surface area (Å²) in [6, 6.07) is 14.7. The standard InChI is InChI=1S/C19H17NO3S/c1-12-18(15-5-3-4-6-16(15)20-12)17(21)11-23-19(22)13-7-9-14(24-2)10-8-13/h3-10,20H,11H2,1-2H3. The van der Waals surface area contributed by atoms with Gasteiger partial charge in [-0.15, -0.1) is 11.8 Å². The molecule has 0 spiro atoms. The lowest BCUT2D eigenvalue weighted by Gasteiger charge is -2.05. The van der Waals surface area contributed by atoms with Crippen molar-refractivity contribution in [3.05, 3.63) is 65.4 Å². The highest BCUT2D eigenvalue weighted by atomic mass is 32.2. The van der Waals surface area contributed by atoms with Crippen LogP contribution in [0.5, 0.6) is 0 Å². The molecule has 0 aliphatic carbocycles. The molecule has 1 aromatic heterocycles. The van der Waals surface area contributed by atoms with Crippen LogP contribution in [0.15, 0.2) is 53.4 Å². The van der Waals surface area contributed by atoms with E-state index in [9.17, 15) is 9.59 Å². The van der Waals surface area contributed by atoms with Crippen molar-refractivity contribution in [1.82, 2.24) is 4.98 Å². The Morgan fingerprint density at radius 2 is 1.79 bits per heavy atom. The van der Waals surface area contributed by atoms with Gasteiger partial charge in [-0.25, -0.2) is 4.79 Å². The molecule has 0 saturated carbocycles.